The molecule has 0 atom stereocenters. The molecule has 1 saturated heterocycles. The third-order valence-electron chi connectivity index (χ3n) is 5.00. The largest absolute Gasteiger partial charge is 0.465 e. The number of piperidine rings is 1. The van der Waals surface area contributed by atoms with Gasteiger partial charge in [0.1, 0.15) is 0 Å². The minimum Gasteiger partial charge on any atom is -0.465 e. The molecule has 30 heavy (non-hydrogen) atoms. The molecule has 2 aromatic rings. The number of rotatable bonds is 5. The highest BCUT2D eigenvalue weighted by Gasteiger charge is 2.32. The van der Waals surface area contributed by atoms with E-state index in [0.717, 1.165) is 0 Å². The number of amides is 1. The Balaban J connectivity index is 1.61. The second-order valence-electron chi connectivity index (χ2n) is 6.88. The molecule has 1 aliphatic rings. The van der Waals surface area contributed by atoms with Gasteiger partial charge in [0.2, 0.25) is 15.9 Å². The number of sulfonamides is 1. The van der Waals surface area contributed by atoms with Crippen LogP contribution in [-0.4, -0.2) is 44.8 Å². The number of esters is 1. The second kappa shape index (κ2) is 9.07. The maximum Gasteiger partial charge on any atom is 0.337 e. The first kappa shape index (κ1) is 21.5. The van der Waals surface area contributed by atoms with E-state index in [-0.39, 0.29) is 29.8 Å². The van der Waals surface area contributed by atoms with Crippen molar-refractivity contribution in [1.82, 2.24) is 4.31 Å². The lowest BCUT2D eigenvalue weighted by Gasteiger charge is -2.30. The summed E-state index contributed by atoms with van der Waals surface area (Å²) in [7, 11) is -2.39. The van der Waals surface area contributed by atoms with Crippen molar-refractivity contribution in [3.8, 4) is 6.07 Å². The molecule has 1 aliphatic heterocycles. The van der Waals surface area contributed by atoms with Crippen LogP contribution in [0.1, 0.15) is 28.8 Å². The Morgan fingerprint density at radius 3 is 2.40 bits per heavy atom. The van der Waals surface area contributed by atoms with Crippen molar-refractivity contribution in [2.45, 2.75) is 17.7 Å². The first-order chi connectivity index (χ1) is 14.3. The van der Waals surface area contributed by atoms with Gasteiger partial charge in [0.25, 0.3) is 0 Å². The number of benzene rings is 2. The van der Waals surface area contributed by atoms with Gasteiger partial charge in [0, 0.05) is 24.7 Å². The maximum atomic E-state index is 12.8. The lowest BCUT2D eigenvalue weighted by Crippen LogP contribution is -2.41. The van der Waals surface area contributed by atoms with Crippen molar-refractivity contribution in [3.05, 3.63) is 59.7 Å². The quantitative estimate of drug-likeness (QED) is 0.733. The van der Waals surface area contributed by atoms with Crippen molar-refractivity contribution in [2.75, 3.05) is 25.5 Å². The Hall–Kier alpha value is -3.22. The number of nitriles is 1. The fourth-order valence-corrected chi connectivity index (χ4v) is 4.76. The van der Waals surface area contributed by atoms with Crippen LogP contribution < -0.4 is 5.32 Å². The van der Waals surface area contributed by atoms with Gasteiger partial charge in [-0.05, 0) is 55.3 Å². The molecule has 1 amide bonds. The lowest BCUT2D eigenvalue weighted by atomic mass is 9.97. The normalized spacial score (nSPS) is 15.2. The van der Waals surface area contributed by atoms with Crippen LogP contribution in [0, 0.1) is 17.2 Å². The number of nitrogens with one attached hydrogen (secondary N) is 1. The molecular weight excluding hydrogens is 406 g/mol. The van der Waals surface area contributed by atoms with Crippen LogP contribution >= 0.6 is 0 Å². The van der Waals surface area contributed by atoms with Crippen LogP contribution in [0.25, 0.3) is 0 Å². The minimum absolute atomic E-state index is 0.129. The molecule has 0 spiro atoms. The van der Waals surface area contributed by atoms with Gasteiger partial charge in [-0.25, -0.2) is 13.2 Å². The molecule has 2 aromatic carbocycles. The van der Waals surface area contributed by atoms with E-state index >= 15 is 0 Å². The third kappa shape index (κ3) is 4.67. The molecule has 0 bridgehead atoms. The standard InChI is InChI=1S/C21H21N3O5S/c1-29-21(26)17-3-2-4-18(13-17)23-20(25)16-9-11-24(12-10-16)30(27,28)19-7-5-15(14-22)6-8-19/h2-8,13,16H,9-12H2,1H3,(H,23,25). The van der Waals surface area contributed by atoms with E-state index in [4.69, 9.17) is 5.26 Å². The average molecular weight is 427 g/mol. The van der Waals surface area contributed by atoms with E-state index in [2.05, 4.69) is 10.1 Å². The number of carbonyl (C=O) groups is 2. The van der Waals surface area contributed by atoms with Crippen LogP contribution in [0.3, 0.4) is 0 Å². The molecule has 0 aromatic heterocycles. The highest BCUT2D eigenvalue weighted by atomic mass is 32.2. The highest BCUT2D eigenvalue weighted by molar-refractivity contribution is 7.89. The van der Waals surface area contributed by atoms with E-state index in [1.54, 1.807) is 18.2 Å². The monoisotopic (exact) mass is 427 g/mol. The number of nitrogens with zero attached hydrogens (tertiary/aromatic N) is 2. The molecule has 0 unspecified atom stereocenters. The van der Waals surface area contributed by atoms with E-state index in [1.165, 1.54) is 41.7 Å². The summed E-state index contributed by atoms with van der Waals surface area (Å²) >= 11 is 0. The molecule has 0 aliphatic carbocycles. The van der Waals surface area contributed by atoms with Gasteiger partial charge in [-0.1, -0.05) is 6.07 Å². The molecule has 3 rings (SSSR count). The zero-order valence-electron chi connectivity index (χ0n) is 16.4. The Kier molecular flexibility index (Phi) is 6.50. The third-order valence-corrected chi connectivity index (χ3v) is 6.91. The van der Waals surface area contributed by atoms with Crippen molar-refractivity contribution in [3.63, 3.8) is 0 Å². The van der Waals surface area contributed by atoms with Gasteiger partial charge in [-0.2, -0.15) is 9.57 Å². The zero-order chi connectivity index (χ0) is 21.7. The number of hydrogen-bond donors (Lipinski definition) is 1. The summed E-state index contributed by atoms with van der Waals surface area (Å²) in [5.41, 5.74) is 1.20. The molecule has 8 nitrogen and oxygen atoms in total. The summed E-state index contributed by atoms with van der Waals surface area (Å²) in [5, 5.41) is 11.6. The summed E-state index contributed by atoms with van der Waals surface area (Å²) in [6.45, 7) is 0.450. The summed E-state index contributed by atoms with van der Waals surface area (Å²) in [6, 6.07) is 14.2. The Morgan fingerprint density at radius 1 is 1.13 bits per heavy atom. The summed E-state index contributed by atoms with van der Waals surface area (Å²) < 4.78 is 31.6. The lowest BCUT2D eigenvalue weighted by molar-refractivity contribution is -0.120. The highest BCUT2D eigenvalue weighted by Crippen LogP contribution is 2.25. The van der Waals surface area contributed by atoms with Crippen molar-refractivity contribution < 1.29 is 22.7 Å². The van der Waals surface area contributed by atoms with Crippen LogP contribution in [0.4, 0.5) is 5.69 Å². The smallest absolute Gasteiger partial charge is 0.337 e. The number of methoxy groups -OCH3 is 1. The van der Waals surface area contributed by atoms with E-state index in [0.29, 0.717) is 29.7 Å². The summed E-state index contributed by atoms with van der Waals surface area (Å²) in [4.78, 5) is 24.3. The fraction of sp³-hybridized carbons (Fsp3) is 0.286. The Bertz CT molecular complexity index is 1080. The van der Waals surface area contributed by atoms with Crippen molar-refractivity contribution in [1.29, 1.82) is 5.26 Å². The first-order valence-corrected chi connectivity index (χ1v) is 10.8. The summed E-state index contributed by atoms with van der Waals surface area (Å²) in [5.74, 6) is -1.04. The molecule has 0 radical (unpaired) electrons. The molecule has 1 heterocycles. The van der Waals surface area contributed by atoms with Crippen molar-refractivity contribution in [2.24, 2.45) is 5.92 Å². The zero-order valence-corrected chi connectivity index (χ0v) is 17.2. The first-order valence-electron chi connectivity index (χ1n) is 9.34. The molecule has 156 valence electrons. The second-order valence-corrected chi connectivity index (χ2v) is 8.81. The van der Waals surface area contributed by atoms with E-state index in [1.807, 2.05) is 6.07 Å². The van der Waals surface area contributed by atoms with E-state index in [9.17, 15) is 18.0 Å². The number of ether oxygens (including phenoxy) is 1. The predicted molar refractivity (Wildman–Crippen MR) is 109 cm³/mol. The molecule has 0 saturated carbocycles. The topological polar surface area (TPSA) is 117 Å². The van der Waals surface area contributed by atoms with Crippen molar-refractivity contribution >= 4 is 27.6 Å². The summed E-state index contributed by atoms with van der Waals surface area (Å²) in [6.07, 6.45) is 0.774. The van der Waals surface area contributed by atoms with Crippen LogP contribution in [-0.2, 0) is 19.6 Å². The molecule has 1 fully saturated rings. The van der Waals surface area contributed by atoms with E-state index < -0.39 is 16.0 Å². The van der Waals surface area contributed by atoms with Crippen LogP contribution in [0.2, 0.25) is 0 Å². The van der Waals surface area contributed by atoms with Crippen LogP contribution in [0.15, 0.2) is 53.4 Å². The maximum absolute atomic E-state index is 12.8. The SMILES string of the molecule is COC(=O)c1cccc(NC(=O)C2CCN(S(=O)(=O)c3ccc(C#N)cc3)CC2)c1. The van der Waals surface area contributed by atoms with Gasteiger partial charge in [-0.3, -0.25) is 4.79 Å². The number of anilines is 1. The Morgan fingerprint density at radius 2 is 1.80 bits per heavy atom. The number of carbonyl (C=O) groups excluding carboxylic acids is 2. The van der Waals surface area contributed by atoms with Gasteiger partial charge in [-0.15, -0.1) is 0 Å². The van der Waals surface area contributed by atoms with Gasteiger partial charge < -0.3 is 10.1 Å². The molecular formula is C21H21N3O5S. The molecule has 1 N–H and O–H groups in total. The minimum atomic E-state index is -3.67. The van der Waals surface area contributed by atoms with Gasteiger partial charge in [0.05, 0.1) is 29.2 Å². The fourth-order valence-electron chi connectivity index (χ4n) is 3.29. The van der Waals surface area contributed by atoms with Crippen LogP contribution in [0.5, 0.6) is 0 Å². The predicted octanol–water partition coefficient (Wildman–Crippen LogP) is 2.38. The average Bonchev–Trinajstić information content (AvgIpc) is 2.78. The number of hydrogen-bond acceptors (Lipinski definition) is 6. The van der Waals surface area contributed by atoms with Gasteiger partial charge >= 0.3 is 5.97 Å². The van der Waals surface area contributed by atoms with Gasteiger partial charge in [0.15, 0.2) is 0 Å². The Labute approximate surface area is 175 Å². The molecule has 9 heteroatoms.